The molecule has 0 amide bonds. The number of halogens is 3. The van der Waals surface area contributed by atoms with E-state index in [2.05, 4.69) is 32.2 Å². The fourth-order valence-electron chi connectivity index (χ4n) is 1.91. The third-order valence-corrected chi connectivity index (χ3v) is 3.72. The molecule has 0 saturated carbocycles. The smallest absolute Gasteiger partial charge is 0.120 e. The first kappa shape index (κ1) is 20.1. The zero-order valence-electron chi connectivity index (χ0n) is 13.5. The van der Waals surface area contributed by atoms with Gasteiger partial charge in [-0.15, -0.1) is 12.4 Å². The van der Waals surface area contributed by atoms with Crippen LogP contribution >= 0.6 is 35.6 Å². The van der Waals surface area contributed by atoms with Gasteiger partial charge in [0, 0.05) is 27.7 Å². The van der Waals surface area contributed by atoms with Gasteiger partial charge in [0.25, 0.3) is 0 Å². The van der Waals surface area contributed by atoms with Crippen LogP contribution in [-0.2, 0) is 13.2 Å². The molecule has 5 heteroatoms. The molecule has 1 N–H and O–H groups in total. The molecule has 0 aliphatic rings. The second kappa shape index (κ2) is 8.79. The Balaban J connectivity index is 0.00000264. The van der Waals surface area contributed by atoms with Gasteiger partial charge in [0.05, 0.1) is 0 Å². The van der Waals surface area contributed by atoms with Crippen molar-refractivity contribution < 1.29 is 4.74 Å². The molecule has 0 fully saturated rings. The van der Waals surface area contributed by atoms with Gasteiger partial charge in [0.1, 0.15) is 12.4 Å². The average Bonchev–Trinajstić information content (AvgIpc) is 2.44. The maximum Gasteiger partial charge on any atom is 0.120 e. The maximum absolute atomic E-state index is 6.15. The van der Waals surface area contributed by atoms with Gasteiger partial charge < -0.3 is 10.1 Å². The summed E-state index contributed by atoms with van der Waals surface area (Å²) in [5.74, 6) is 0.833. The second-order valence-electron chi connectivity index (χ2n) is 6.28. The first-order valence-electron chi connectivity index (χ1n) is 7.24. The molecule has 0 bridgehead atoms. The van der Waals surface area contributed by atoms with E-state index < -0.39 is 0 Å². The molecule has 2 nitrogen and oxygen atoms in total. The van der Waals surface area contributed by atoms with Gasteiger partial charge in [-0.3, -0.25) is 0 Å². The molecule has 0 aliphatic carbocycles. The van der Waals surface area contributed by atoms with Gasteiger partial charge in [-0.05, 0) is 50.6 Å². The van der Waals surface area contributed by atoms with Crippen molar-refractivity contribution in [3.8, 4) is 5.75 Å². The highest BCUT2D eigenvalue weighted by Gasteiger charge is 2.09. The van der Waals surface area contributed by atoms with Gasteiger partial charge in [-0.2, -0.15) is 0 Å². The van der Waals surface area contributed by atoms with Crippen molar-refractivity contribution in [3.63, 3.8) is 0 Å². The molecule has 2 rings (SSSR count). The van der Waals surface area contributed by atoms with Crippen LogP contribution in [0.4, 0.5) is 0 Å². The van der Waals surface area contributed by atoms with Gasteiger partial charge in [-0.1, -0.05) is 41.4 Å². The SMILES string of the molecule is CC(C)(C)NCc1cccc(OCc2ccc(Cl)cc2Cl)c1.Cl. The monoisotopic (exact) mass is 373 g/mol. The second-order valence-corrected chi connectivity index (χ2v) is 7.12. The third kappa shape index (κ3) is 7.01. The standard InChI is InChI=1S/C18H21Cl2NO.ClH/c1-18(2,3)21-11-13-5-4-6-16(9-13)22-12-14-7-8-15(19)10-17(14)20;/h4-10,21H,11-12H2,1-3H3;1H. The van der Waals surface area contributed by atoms with Gasteiger partial charge in [-0.25, -0.2) is 0 Å². The van der Waals surface area contributed by atoms with E-state index in [-0.39, 0.29) is 17.9 Å². The van der Waals surface area contributed by atoms with Crippen molar-refractivity contribution in [2.75, 3.05) is 0 Å². The number of hydrogen-bond donors (Lipinski definition) is 1. The Morgan fingerprint density at radius 2 is 1.78 bits per heavy atom. The Morgan fingerprint density at radius 1 is 1.04 bits per heavy atom. The maximum atomic E-state index is 6.15. The van der Waals surface area contributed by atoms with E-state index in [1.165, 1.54) is 5.56 Å². The quantitative estimate of drug-likeness (QED) is 0.705. The number of rotatable bonds is 5. The number of hydrogen-bond acceptors (Lipinski definition) is 2. The van der Waals surface area contributed by atoms with Crippen LogP contribution in [0.3, 0.4) is 0 Å². The van der Waals surface area contributed by atoms with Crippen LogP contribution in [-0.4, -0.2) is 5.54 Å². The average molecular weight is 375 g/mol. The molecule has 2 aromatic rings. The topological polar surface area (TPSA) is 21.3 Å². The predicted molar refractivity (Wildman–Crippen MR) is 101 cm³/mol. The fourth-order valence-corrected chi connectivity index (χ4v) is 2.38. The number of ether oxygens (including phenoxy) is 1. The van der Waals surface area contributed by atoms with E-state index in [0.29, 0.717) is 16.7 Å². The lowest BCUT2D eigenvalue weighted by Gasteiger charge is -2.20. The minimum atomic E-state index is 0. The molecule has 2 aromatic carbocycles. The summed E-state index contributed by atoms with van der Waals surface area (Å²) in [6.45, 7) is 7.68. The lowest BCUT2D eigenvalue weighted by Crippen LogP contribution is -2.35. The van der Waals surface area contributed by atoms with Crippen molar-refractivity contribution >= 4 is 35.6 Å². The summed E-state index contributed by atoms with van der Waals surface area (Å²) in [5, 5.41) is 4.72. The Morgan fingerprint density at radius 3 is 2.43 bits per heavy atom. The lowest BCUT2D eigenvalue weighted by molar-refractivity contribution is 0.305. The van der Waals surface area contributed by atoms with Gasteiger partial charge in [0.2, 0.25) is 0 Å². The number of nitrogens with one attached hydrogen (secondary N) is 1. The van der Waals surface area contributed by atoms with Crippen molar-refractivity contribution in [2.24, 2.45) is 0 Å². The van der Waals surface area contributed by atoms with Crippen molar-refractivity contribution in [1.82, 2.24) is 5.32 Å². The Kier molecular flexibility index (Phi) is 7.69. The summed E-state index contributed by atoms with van der Waals surface area (Å²) in [6, 6.07) is 13.5. The molecule has 0 saturated heterocycles. The largest absolute Gasteiger partial charge is 0.489 e. The Bertz CT molecular complexity index is 638. The van der Waals surface area contributed by atoms with Crippen molar-refractivity contribution in [1.29, 1.82) is 0 Å². The van der Waals surface area contributed by atoms with Crippen LogP contribution < -0.4 is 10.1 Å². The van der Waals surface area contributed by atoms with E-state index in [1.54, 1.807) is 6.07 Å². The third-order valence-electron chi connectivity index (χ3n) is 3.13. The van der Waals surface area contributed by atoms with Crippen LogP contribution in [0, 0.1) is 0 Å². The molecular formula is C18H22Cl3NO. The molecule has 0 radical (unpaired) electrons. The predicted octanol–water partition coefficient (Wildman–Crippen LogP) is 5.88. The van der Waals surface area contributed by atoms with Crippen LogP contribution in [0.5, 0.6) is 5.75 Å². The highest BCUT2D eigenvalue weighted by atomic mass is 35.5. The minimum absolute atomic E-state index is 0. The summed E-state index contributed by atoms with van der Waals surface area (Å²) < 4.78 is 5.83. The van der Waals surface area contributed by atoms with E-state index in [1.807, 2.05) is 30.3 Å². The molecule has 23 heavy (non-hydrogen) atoms. The number of benzene rings is 2. The Hall–Kier alpha value is -0.930. The summed E-state index contributed by atoms with van der Waals surface area (Å²) in [6.07, 6.45) is 0. The highest BCUT2D eigenvalue weighted by molar-refractivity contribution is 6.35. The molecule has 0 atom stereocenters. The minimum Gasteiger partial charge on any atom is -0.489 e. The Labute approximate surface area is 154 Å². The van der Waals surface area contributed by atoms with E-state index in [4.69, 9.17) is 27.9 Å². The van der Waals surface area contributed by atoms with Crippen LogP contribution in [0.25, 0.3) is 0 Å². The van der Waals surface area contributed by atoms with Crippen LogP contribution in [0.2, 0.25) is 10.0 Å². The molecule has 0 aliphatic heterocycles. The molecule has 0 spiro atoms. The molecule has 0 heterocycles. The fraction of sp³-hybridized carbons (Fsp3) is 0.333. The zero-order chi connectivity index (χ0) is 16.2. The first-order valence-corrected chi connectivity index (χ1v) is 8.00. The van der Waals surface area contributed by atoms with E-state index in [0.717, 1.165) is 17.9 Å². The van der Waals surface area contributed by atoms with Crippen molar-refractivity contribution in [2.45, 2.75) is 39.5 Å². The molecular weight excluding hydrogens is 353 g/mol. The van der Waals surface area contributed by atoms with Gasteiger partial charge in [0.15, 0.2) is 0 Å². The summed E-state index contributed by atoms with van der Waals surface area (Å²) in [4.78, 5) is 0. The summed E-state index contributed by atoms with van der Waals surface area (Å²) in [7, 11) is 0. The zero-order valence-corrected chi connectivity index (χ0v) is 15.9. The normalized spacial score (nSPS) is 11.0. The van der Waals surface area contributed by atoms with Crippen LogP contribution in [0.15, 0.2) is 42.5 Å². The molecule has 0 unspecified atom stereocenters. The summed E-state index contributed by atoms with van der Waals surface area (Å²) >= 11 is 12.0. The molecule has 0 aromatic heterocycles. The highest BCUT2D eigenvalue weighted by Crippen LogP contribution is 2.23. The van der Waals surface area contributed by atoms with Gasteiger partial charge >= 0.3 is 0 Å². The first-order chi connectivity index (χ1) is 10.3. The molecule has 126 valence electrons. The lowest BCUT2D eigenvalue weighted by atomic mass is 10.1. The van der Waals surface area contributed by atoms with E-state index in [9.17, 15) is 0 Å². The summed E-state index contributed by atoms with van der Waals surface area (Å²) in [5.41, 5.74) is 2.20. The van der Waals surface area contributed by atoms with Crippen LogP contribution in [0.1, 0.15) is 31.9 Å². The van der Waals surface area contributed by atoms with E-state index >= 15 is 0 Å². The van der Waals surface area contributed by atoms with Crippen molar-refractivity contribution in [3.05, 3.63) is 63.6 Å².